The van der Waals surface area contributed by atoms with Gasteiger partial charge in [-0.3, -0.25) is 14.9 Å². The lowest BCUT2D eigenvalue weighted by Gasteiger charge is -2.24. The minimum absolute atomic E-state index is 0.00688. The monoisotopic (exact) mass is 367 g/mol. The first-order chi connectivity index (χ1) is 13.3. The van der Waals surface area contributed by atoms with Crippen LogP contribution in [0, 0.1) is 0 Å². The number of aryl methyl sites for hydroxylation is 1. The van der Waals surface area contributed by atoms with E-state index in [0.29, 0.717) is 24.5 Å². The number of aromatic amines is 1. The van der Waals surface area contributed by atoms with E-state index < -0.39 is 0 Å². The van der Waals surface area contributed by atoms with Crippen LogP contribution >= 0.6 is 0 Å². The second-order valence-corrected chi connectivity index (χ2v) is 6.51. The summed E-state index contributed by atoms with van der Waals surface area (Å²) < 4.78 is 10.2. The van der Waals surface area contributed by atoms with Crippen molar-refractivity contribution in [2.24, 2.45) is 0 Å². The lowest BCUT2D eigenvalue weighted by molar-refractivity contribution is -0.132. The van der Waals surface area contributed by atoms with Gasteiger partial charge in [0.05, 0.1) is 25.0 Å². The fourth-order valence-electron chi connectivity index (χ4n) is 3.56. The number of ether oxygens (including phenoxy) is 1. The Balaban J connectivity index is 1.48. The predicted molar refractivity (Wildman–Crippen MR) is 96.9 cm³/mol. The highest BCUT2D eigenvalue weighted by Crippen LogP contribution is 2.36. The molecule has 3 aromatic heterocycles. The van der Waals surface area contributed by atoms with E-state index in [4.69, 9.17) is 9.26 Å². The zero-order valence-electron chi connectivity index (χ0n) is 15.1. The summed E-state index contributed by atoms with van der Waals surface area (Å²) in [5.74, 6) is 1.18. The van der Waals surface area contributed by atoms with Gasteiger partial charge in [-0.05, 0) is 35.7 Å². The molecule has 0 radical (unpaired) electrons. The molecule has 0 spiro atoms. The van der Waals surface area contributed by atoms with Gasteiger partial charge in [0.2, 0.25) is 5.91 Å². The van der Waals surface area contributed by atoms with Crippen LogP contribution in [-0.4, -0.2) is 44.8 Å². The Morgan fingerprint density at radius 1 is 1.41 bits per heavy atom. The van der Waals surface area contributed by atoms with Gasteiger partial charge < -0.3 is 14.2 Å². The molecular formula is C19H21N5O3. The molecule has 0 saturated carbocycles. The second kappa shape index (κ2) is 7.61. The number of amides is 1. The first kappa shape index (κ1) is 17.3. The Morgan fingerprint density at radius 2 is 2.26 bits per heavy atom. The number of hydrogen-bond donors (Lipinski definition) is 1. The summed E-state index contributed by atoms with van der Waals surface area (Å²) in [7, 11) is 1.53. The molecule has 0 unspecified atom stereocenters. The van der Waals surface area contributed by atoms with Crippen molar-refractivity contribution in [3.05, 3.63) is 48.2 Å². The highest BCUT2D eigenvalue weighted by atomic mass is 16.5. The van der Waals surface area contributed by atoms with E-state index in [1.165, 1.54) is 7.11 Å². The number of pyridine rings is 1. The first-order valence-corrected chi connectivity index (χ1v) is 8.99. The van der Waals surface area contributed by atoms with Crippen LogP contribution in [0.5, 0.6) is 5.88 Å². The number of likely N-dealkylation sites (tertiary alicyclic amines) is 1. The van der Waals surface area contributed by atoms with E-state index in [-0.39, 0.29) is 11.9 Å². The van der Waals surface area contributed by atoms with Crippen molar-refractivity contribution >= 4 is 5.91 Å². The number of carbonyl (C=O) groups excluding carboxylic acids is 1. The topological polar surface area (TPSA) is 97.1 Å². The van der Waals surface area contributed by atoms with Gasteiger partial charge in [0, 0.05) is 43.4 Å². The fourth-order valence-corrected chi connectivity index (χ4v) is 3.56. The van der Waals surface area contributed by atoms with Gasteiger partial charge in [-0.25, -0.2) is 0 Å². The average Bonchev–Trinajstić information content (AvgIpc) is 3.46. The summed E-state index contributed by atoms with van der Waals surface area (Å²) in [4.78, 5) is 18.8. The Hall–Kier alpha value is -3.16. The third kappa shape index (κ3) is 3.55. The van der Waals surface area contributed by atoms with E-state index in [0.717, 1.165) is 36.2 Å². The van der Waals surface area contributed by atoms with Crippen LogP contribution in [0.15, 0.2) is 41.3 Å². The molecule has 1 aliphatic heterocycles. The molecule has 1 amide bonds. The molecule has 0 aromatic carbocycles. The number of methoxy groups -OCH3 is 1. The molecule has 27 heavy (non-hydrogen) atoms. The summed E-state index contributed by atoms with van der Waals surface area (Å²) in [5.41, 5.74) is 3.04. The molecule has 1 atom stereocenters. The predicted octanol–water partition coefficient (Wildman–Crippen LogP) is 2.76. The maximum atomic E-state index is 12.8. The molecule has 1 fully saturated rings. The van der Waals surface area contributed by atoms with Gasteiger partial charge in [0.15, 0.2) is 0 Å². The van der Waals surface area contributed by atoms with Crippen LogP contribution in [0.1, 0.15) is 36.8 Å². The van der Waals surface area contributed by atoms with Gasteiger partial charge in [-0.15, -0.1) is 0 Å². The molecule has 4 rings (SSSR count). The number of rotatable bonds is 6. The number of aromatic nitrogens is 4. The molecular weight excluding hydrogens is 346 g/mol. The van der Waals surface area contributed by atoms with E-state index >= 15 is 0 Å². The largest absolute Gasteiger partial charge is 0.479 e. The fraction of sp³-hybridized carbons (Fsp3) is 0.368. The normalized spacial score (nSPS) is 16.6. The van der Waals surface area contributed by atoms with Crippen LogP contribution < -0.4 is 4.74 Å². The van der Waals surface area contributed by atoms with Crippen LogP contribution in [0.2, 0.25) is 0 Å². The van der Waals surface area contributed by atoms with Crippen LogP contribution in [0.3, 0.4) is 0 Å². The summed E-state index contributed by atoms with van der Waals surface area (Å²) in [5, 5.41) is 11.1. The molecule has 1 N–H and O–H groups in total. The van der Waals surface area contributed by atoms with E-state index in [9.17, 15) is 4.79 Å². The summed E-state index contributed by atoms with van der Waals surface area (Å²) in [6.07, 6.45) is 8.09. The summed E-state index contributed by atoms with van der Waals surface area (Å²) in [6, 6.07) is 5.62. The van der Waals surface area contributed by atoms with Crippen molar-refractivity contribution in [3.63, 3.8) is 0 Å². The van der Waals surface area contributed by atoms with Gasteiger partial charge in [-0.2, -0.15) is 5.10 Å². The zero-order chi connectivity index (χ0) is 18.6. The molecule has 8 nitrogen and oxygen atoms in total. The number of nitrogens with one attached hydrogen (secondary N) is 1. The Kier molecular flexibility index (Phi) is 4.86. The first-order valence-electron chi connectivity index (χ1n) is 8.99. The number of H-pyrrole nitrogens is 1. The molecule has 8 heteroatoms. The maximum Gasteiger partial charge on any atom is 0.254 e. The zero-order valence-corrected chi connectivity index (χ0v) is 15.1. The second-order valence-electron chi connectivity index (χ2n) is 6.51. The SMILES string of the molecule is COc1cc(CCC(=O)N2CCC[C@@H]2c2[nH]ncc2-c2ccncc2)on1. The quantitative estimate of drug-likeness (QED) is 0.719. The smallest absolute Gasteiger partial charge is 0.254 e. The Morgan fingerprint density at radius 3 is 3.04 bits per heavy atom. The summed E-state index contributed by atoms with van der Waals surface area (Å²) in [6.45, 7) is 0.748. The van der Waals surface area contributed by atoms with Gasteiger partial charge >= 0.3 is 0 Å². The molecule has 1 aliphatic rings. The van der Waals surface area contributed by atoms with E-state index in [1.807, 2.05) is 23.2 Å². The third-order valence-electron chi connectivity index (χ3n) is 4.90. The summed E-state index contributed by atoms with van der Waals surface area (Å²) >= 11 is 0. The van der Waals surface area contributed by atoms with Crippen molar-refractivity contribution in [2.45, 2.75) is 31.7 Å². The maximum absolute atomic E-state index is 12.8. The van der Waals surface area contributed by atoms with Crippen molar-refractivity contribution in [2.75, 3.05) is 13.7 Å². The molecule has 4 heterocycles. The molecule has 0 bridgehead atoms. The van der Waals surface area contributed by atoms with E-state index in [1.54, 1.807) is 18.5 Å². The third-order valence-corrected chi connectivity index (χ3v) is 4.90. The van der Waals surface area contributed by atoms with E-state index in [2.05, 4.69) is 20.3 Å². The Labute approximate surface area is 156 Å². The lowest BCUT2D eigenvalue weighted by Crippen LogP contribution is -2.31. The molecule has 3 aromatic rings. The Bertz CT molecular complexity index is 905. The number of carbonyl (C=O) groups is 1. The minimum Gasteiger partial charge on any atom is -0.479 e. The molecule has 1 saturated heterocycles. The standard InChI is InChI=1S/C19H21N5O3/c1-26-17-11-14(27-23-17)4-5-18(25)24-10-2-3-16(24)19-15(12-21-22-19)13-6-8-20-9-7-13/h6-9,11-12,16H,2-5,10H2,1H3,(H,21,22)/t16-/m1/s1. The van der Waals surface area contributed by atoms with Crippen LogP contribution in [0.25, 0.3) is 11.1 Å². The van der Waals surface area contributed by atoms with Crippen LogP contribution in [0.4, 0.5) is 0 Å². The van der Waals surface area contributed by atoms with Crippen molar-refractivity contribution < 1.29 is 14.1 Å². The number of hydrogen-bond acceptors (Lipinski definition) is 6. The van der Waals surface area contributed by atoms with Crippen molar-refractivity contribution in [1.29, 1.82) is 0 Å². The number of nitrogens with zero attached hydrogens (tertiary/aromatic N) is 4. The average molecular weight is 367 g/mol. The molecule has 0 aliphatic carbocycles. The minimum atomic E-state index is 0.00688. The molecule has 140 valence electrons. The lowest BCUT2D eigenvalue weighted by atomic mass is 10.0. The highest BCUT2D eigenvalue weighted by molar-refractivity contribution is 5.78. The van der Waals surface area contributed by atoms with Gasteiger partial charge in [-0.1, -0.05) is 0 Å². The van der Waals surface area contributed by atoms with Crippen molar-refractivity contribution in [1.82, 2.24) is 25.2 Å². The van der Waals surface area contributed by atoms with Gasteiger partial charge in [0.25, 0.3) is 5.88 Å². The van der Waals surface area contributed by atoms with Gasteiger partial charge in [0.1, 0.15) is 5.76 Å². The highest BCUT2D eigenvalue weighted by Gasteiger charge is 2.32. The van der Waals surface area contributed by atoms with Crippen molar-refractivity contribution in [3.8, 4) is 17.0 Å². The van der Waals surface area contributed by atoms with Crippen LogP contribution in [-0.2, 0) is 11.2 Å².